The van der Waals surface area contributed by atoms with Crippen molar-refractivity contribution in [1.29, 1.82) is 0 Å². The van der Waals surface area contributed by atoms with Crippen molar-refractivity contribution in [3.8, 4) is 34.8 Å². The fourth-order valence-corrected chi connectivity index (χ4v) is 6.73. The molecule has 1 heterocycles. The summed E-state index contributed by atoms with van der Waals surface area (Å²) in [5, 5.41) is 6.92. The predicted octanol–water partition coefficient (Wildman–Crippen LogP) is 7.68. The van der Waals surface area contributed by atoms with Gasteiger partial charge in [0, 0.05) is 11.6 Å². The molecule has 1 aliphatic rings. The van der Waals surface area contributed by atoms with E-state index in [9.17, 15) is 19.2 Å². The molecule has 3 aromatic carbocycles. The molecule has 12 nitrogen and oxygen atoms in total. The van der Waals surface area contributed by atoms with E-state index in [1.54, 1.807) is 48.3 Å². The summed E-state index contributed by atoms with van der Waals surface area (Å²) in [7, 11) is 0. The van der Waals surface area contributed by atoms with E-state index in [0.717, 1.165) is 42.0 Å². The topological polar surface area (TPSA) is 143 Å². The Morgan fingerprint density at radius 2 is 1.56 bits per heavy atom. The van der Waals surface area contributed by atoms with Crippen LogP contribution < -0.4 is 24.0 Å². The van der Waals surface area contributed by atoms with Gasteiger partial charge in [0.25, 0.3) is 6.47 Å². The minimum absolute atomic E-state index is 0.246. The fourth-order valence-electron chi connectivity index (χ4n) is 5.80. The molecule has 1 fully saturated rings. The third-order valence-corrected chi connectivity index (χ3v) is 9.83. The minimum atomic E-state index is -0.421. The van der Waals surface area contributed by atoms with Gasteiger partial charge in [-0.25, -0.2) is 14.8 Å². The monoisotopic (exact) mass is 765 g/mol. The van der Waals surface area contributed by atoms with E-state index in [0.29, 0.717) is 67.6 Å². The SMILES string of the molecule is C=CC(=O)OCCCCCCOc1ccc(OC(=O)[C@H]2CC[C@H](C(=O)Oc3ccc(OC=O)cc3/C=N/N(CC#CC)c3nc4ccccc4s3)CC2)cc1. The molecule has 1 aliphatic carbocycles. The Labute approximate surface area is 324 Å². The Hall–Kier alpha value is -6.00. The van der Waals surface area contributed by atoms with E-state index >= 15 is 0 Å². The van der Waals surface area contributed by atoms with Crippen LogP contribution in [-0.4, -0.2) is 55.3 Å². The number of rotatable bonds is 19. The number of thiazole rings is 1. The molecule has 0 N–H and O–H groups in total. The molecule has 0 bridgehead atoms. The fraction of sp³-hybridized carbons (Fsp3) is 0.333. The summed E-state index contributed by atoms with van der Waals surface area (Å²) in [5.74, 6) is 5.58. The van der Waals surface area contributed by atoms with E-state index in [4.69, 9.17) is 23.7 Å². The molecule has 286 valence electrons. The second-order valence-electron chi connectivity index (χ2n) is 12.6. The summed E-state index contributed by atoms with van der Waals surface area (Å²) in [6.07, 6.45) is 8.08. The number of fused-ring (bicyclic) bond motifs is 1. The number of unbranched alkanes of at least 4 members (excludes halogenated alkanes) is 3. The average molecular weight is 766 g/mol. The number of carbonyl (C=O) groups excluding carboxylic acids is 4. The molecule has 1 aromatic heterocycles. The molecule has 5 rings (SSSR count). The molecule has 1 saturated carbocycles. The second-order valence-corrected chi connectivity index (χ2v) is 13.6. The molecule has 4 aromatic rings. The first kappa shape index (κ1) is 40.2. The molecule has 0 atom stereocenters. The molecule has 0 saturated heterocycles. The van der Waals surface area contributed by atoms with Gasteiger partial charge < -0.3 is 23.7 Å². The molecule has 0 amide bonds. The maximum Gasteiger partial charge on any atom is 0.330 e. The van der Waals surface area contributed by atoms with E-state index < -0.39 is 17.9 Å². The largest absolute Gasteiger partial charge is 0.494 e. The van der Waals surface area contributed by atoms with Gasteiger partial charge in [0.15, 0.2) is 0 Å². The summed E-state index contributed by atoms with van der Waals surface area (Å²) in [6.45, 7) is 6.64. The normalized spacial score (nSPS) is 15.0. The van der Waals surface area contributed by atoms with Crippen molar-refractivity contribution in [3.05, 3.63) is 84.9 Å². The van der Waals surface area contributed by atoms with E-state index in [-0.39, 0.29) is 29.9 Å². The number of hydrogen-bond acceptors (Lipinski definition) is 13. The zero-order valence-corrected chi connectivity index (χ0v) is 31.5. The number of aromatic nitrogens is 1. The van der Waals surface area contributed by atoms with Crippen molar-refractivity contribution in [3.63, 3.8) is 0 Å². The zero-order valence-electron chi connectivity index (χ0n) is 30.6. The number of para-hydroxylation sites is 1. The summed E-state index contributed by atoms with van der Waals surface area (Å²) in [5.41, 5.74) is 1.26. The molecule has 0 aliphatic heterocycles. The Morgan fingerprint density at radius 1 is 0.891 bits per heavy atom. The highest BCUT2D eigenvalue weighted by Crippen LogP contribution is 2.33. The highest BCUT2D eigenvalue weighted by Gasteiger charge is 2.32. The van der Waals surface area contributed by atoms with Gasteiger partial charge in [0.1, 0.15) is 29.5 Å². The summed E-state index contributed by atoms with van der Waals surface area (Å²) >= 11 is 1.47. The standard InChI is InChI=1S/C42H43N3O9S/c1-3-5-24-45(42-44-36-12-8-9-13-38(36)55-42)43-28-32-27-35(52-29-46)22-23-37(32)54-41(49)31-16-14-30(15-17-31)40(48)53-34-20-18-33(19-21-34)50-25-10-6-7-11-26-51-39(47)4-2/h4,8-9,12-13,18-23,27-31H,2,6-7,10-11,14-17,24-26H2,1H3/b43-28+/t30-,31-. The van der Waals surface area contributed by atoms with Crippen LogP contribution in [0.4, 0.5) is 5.13 Å². The number of benzene rings is 3. The van der Waals surface area contributed by atoms with Gasteiger partial charge in [-0.05, 0) is 113 Å². The first-order valence-corrected chi connectivity index (χ1v) is 18.9. The van der Waals surface area contributed by atoms with Crippen molar-refractivity contribution in [2.75, 3.05) is 24.8 Å². The van der Waals surface area contributed by atoms with Crippen LogP contribution >= 0.6 is 11.3 Å². The summed E-state index contributed by atoms with van der Waals surface area (Å²) in [6, 6.07) is 19.3. The van der Waals surface area contributed by atoms with Crippen LogP contribution in [0.15, 0.2) is 84.5 Å². The quantitative estimate of drug-likeness (QED) is 0.0136. The highest BCUT2D eigenvalue weighted by atomic mass is 32.1. The lowest BCUT2D eigenvalue weighted by Crippen LogP contribution is -2.30. The van der Waals surface area contributed by atoms with Crippen molar-refractivity contribution in [2.24, 2.45) is 16.9 Å². The molecule has 0 unspecified atom stereocenters. The molecular formula is C42H43N3O9S. The van der Waals surface area contributed by atoms with Crippen molar-refractivity contribution in [1.82, 2.24) is 4.98 Å². The lowest BCUT2D eigenvalue weighted by molar-refractivity contribution is -0.145. The average Bonchev–Trinajstić information content (AvgIpc) is 3.64. The lowest BCUT2D eigenvalue weighted by Gasteiger charge is -2.26. The van der Waals surface area contributed by atoms with Gasteiger partial charge in [-0.15, -0.1) is 5.92 Å². The van der Waals surface area contributed by atoms with Gasteiger partial charge in [0.05, 0.1) is 41.5 Å². The maximum absolute atomic E-state index is 13.4. The number of carbonyl (C=O) groups is 4. The number of anilines is 1. The van der Waals surface area contributed by atoms with Crippen LogP contribution in [0.3, 0.4) is 0 Å². The molecule has 55 heavy (non-hydrogen) atoms. The van der Waals surface area contributed by atoms with Crippen LogP contribution in [0.1, 0.15) is 63.9 Å². The van der Waals surface area contributed by atoms with Crippen molar-refractivity contribution >= 4 is 57.3 Å². The number of hydrazone groups is 1. The molecule has 0 radical (unpaired) electrons. The van der Waals surface area contributed by atoms with Crippen molar-refractivity contribution in [2.45, 2.75) is 58.3 Å². The van der Waals surface area contributed by atoms with Gasteiger partial charge in [0.2, 0.25) is 5.13 Å². The van der Waals surface area contributed by atoms with E-state index in [1.807, 2.05) is 24.3 Å². The predicted molar refractivity (Wildman–Crippen MR) is 209 cm³/mol. The second kappa shape index (κ2) is 21.0. The Morgan fingerprint density at radius 3 is 2.25 bits per heavy atom. The Bertz CT molecular complexity index is 1990. The third-order valence-electron chi connectivity index (χ3n) is 8.78. The van der Waals surface area contributed by atoms with Gasteiger partial charge in [-0.2, -0.15) is 5.10 Å². The van der Waals surface area contributed by atoms with Gasteiger partial charge in [-0.1, -0.05) is 36.0 Å². The number of nitrogens with zero attached hydrogens (tertiary/aromatic N) is 3. The molecule has 0 spiro atoms. The van der Waals surface area contributed by atoms with Crippen LogP contribution in [0.25, 0.3) is 10.2 Å². The van der Waals surface area contributed by atoms with Crippen molar-refractivity contribution < 1.29 is 42.9 Å². The van der Waals surface area contributed by atoms with E-state index in [1.165, 1.54) is 23.6 Å². The minimum Gasteiger partial charge on any atom is -0.494 e. The van der Waals surface area contributed by atoms with Crippen LogP contribution in [0.5, 0.6) is 23.0 Å². The van der Waals surface area contributed by atoms with Gasteiger partial charge in [-0.3, -0.25) is 14.4 Å². The first-order chi connectivity index (χ1) is 26.9. The number of esters is 3. The lowest BCUT2D eigenvalue weighted by atomic mass is 9.82. The van der Waals surface area contributed by atoms with Gasteiger partial charge >= 0.3 is 17.9 Å². The van der Waals surface area contributed by atoms with Crippen LogP contribution in [0, 0.1) is 23.7 Å². The number of hydrogen-bond donors (Lipinski definition) is 0. The maximum atomic E-state index is 13.4. The highest BCUT2D eigenvalue weighted by molar-refractivity contribution is 7.22. The number of ether oxygens (including phenoxy) is 5. The summed E-state index contributed by atoms with van der Waals surface area (Å²) < 4.78 is 28.3. The molecule has 13 heteroatoms. The first-order valence-electron chi connectivity index (χ1n) is 18.1. The van der Waals surface area contributed by atoms with Crippen LogP contribution in [-0.2, 0) is 23.9 Å². The molecular weight excluding hydrogens is 723 g/mol. The smallest absolute Gasteiger partial charge is 0.330 e. The summed E-state index contributed by atoms with van der Waals surface area (Å²) in [4.78, 5) is 53.2. The van der Waals surface area contributed by atoms with E-state index in [2.05, 4.69) is 28.5 Å². The van der Waals surface area contributed by atoms with Crippen LogP contribution in [0.2, 0.25) is 0 Å². The Kier molecular flexibility index (Phi) is 15.4. The zero-order chi connectivity index (χ0) is 38.8. The Balaban J connectivity index is 1.10. The third kappa shape index (κ3) is 12.3.